The molecule has 16 heavy (non-hydrogen) atoms. The third kappa shape index (κ3) is 2.48. The number of aromatic nitrogens is 2. The highest BCUT2D eigenvalue weighted by molar-refractivity contribution is 6.28. The van der Waals surface area contributed by atoms with Gasteiger partial charge in [0.05, 0.1) is 5.92 Å². The highest BCUT2D eigenvalue weighted by atomic mass is 35.5. The Kier molecular flexibility index (Phi) is 3.36. The van der Waals surface area contributed by atoms with Gasteiger partial charge in [-0.3, -0.25) is 4.79 Å². The van der Waals surface area contributed by atoms with E-state index in [2.05, 4.69) is 27.5 Å². The monoisotopic (exact) mass is 240 g/mol. The largest absolute Gasteiger partial charge is 0.316 e. The molecule has 1 aromatic rings. The number of rotatable bonds is 2. The van der Waals surface area contributed by atoms with Crippen LogP contribution in [-0.4, -0.2) is 29.0 Å². The normalized spacial score (nSPS) is 24.4. The Morgan fingerprint density at radius 3 is 3.06 bits per heavy atom. The van der Waals surface area contributed by atoms with E-state index in [9.17, 15) is 4.79 Å². The zero-order valence-corrected chi connectivity index (χ0v) is 9.66. The minimum absolute atomic E-state index is 0.00580. The number of halogens is 1. The van der Waals surface area contributed by atoms with Crippen LogP contribution in [-0.2, 0) is 4.79 Å². The number of carbonyl (C=O) groups is 1. The van der Waals surface area contributed by atoms with Crippen molar-refractivity contribution in [1.82, 2.24) is 15.3 Å². The lowest BCUT2D eigenvalue weighted by molar-refractivity contribution is -0.120. The van der Waals surface area contributed by atoms with Crippen LogP contribution in [0.25, 0.3) is 0 Å². The fourth-order valence-corrected chi connectivity index (χ4v) is 1.93. The number of hydrogen-bond donors (Lipinski definition) is 2. The van der Waals surface area contributed by atoms with Crippen molar-refractivity contribution in [2.24, 2.45) is 11.8 Å². The maximum Gasteiger partial charge on any atom is 0.230 e. The van der Waals surface area contributed by atoms with Crippen LogP contribution in [0.3, 0.4) is 0 Å². The Morgan fingerprint density at radius 1 is 1.62 bits per heavy atom. The molecule has 6 heteroatoms. The van der Waals surface area contributed by atoms with Crippen LogP contribution in [0.15, 0.2) is 12.3 Å². The molecule has 5 nitrogen and oxygen atoms in total. The topological polar surface area (TPSA) is 66.9 Å². The van der Waals surface area contributed by atoms with Crippen molar-refractivity contribution >= 4 is 23.3 Å². The predicted molar refractivity (Wildman–Crippen MR) is 61.2 cm³/mol. The maximum absolute atomic E-state index is 11.9. The Labute approximate surface area is 98.6 Å². The van der Waals surface area contributed by atoms with Gasteiger partial charge < -0.3 is 10.6 Å². The van der Waals surface area contributed by atoms with Gasteiger partial charge in [0.1, 0.15) is 5.82 Å². The molecule has 2 rings (SSSR count). The van der Waals surface area contributed by atoms with Crippen molar-refractivity contribution < 1.29 is 4.79 Å². The van der Waals surface area contributed by atoms with Gasteiger partial charge in [0, 0.05) is 12.7 Å². The van der Waals surface area contributed by atoms with Crippen LogP contribution in [0.1, 0.15) is 6.92 Å². The summed E-state index contributed by atoms with van der Waals surface area (Å²) < 4.78 is 0. The number of carbonyl (C=O) groups excluding carboxylic acids is 1. The quantitative estimate of drug-likeness (QED) is 0.755. The number of hydrogen-bond acceptors (Lipinski definition) is 4. The van der Waals surface area contributed by atoms with E-state index in [-0.39, 0.29) is 17.1 Å². The second-order valence-corrected chi connectivity index (χ2v) is 4.28. The van der Waals surface area contributed by atoms with Crippen molar-refractivity contribution in [1.29, 1.82) is 0 Å². The van der Waals surface area contributed by atoms with E-state index in [1.165, 1.54) is 6.20 Å². The van der Waals surface area contributed by atoms with Crippen molar-refractivity contribution in [3.05, 3.63) is 17.5 Å². The highest BCUT2D eigenvalue weighted by Gasteiger charge is 2.29. The molecule has 0 aliphatic carbocycles. The Bertz CT molecular complexity index is 398. The summed E-state index contributed by atoms with van der Waals surface area (Å²) in [6.45, 7) is 3.64. The number of nitrogens with one attached hydrogen (secondary N) is 2. The number of nitrogens with zero attached hydrogens (tertiary/aromatic N) is 2. The Hall–Kier alpha value is -1.20. The lowest BCUT2D eigenvalue weighted by Gasteiger charge is -2.13. The van der Waals surface area contributed by atoms with E-state index >= 15 is 0 Å². The van der Waals surface area contributed by atoms with Gasteiger partial charge in [0.2, 0.25) is 11.2 Å². The van der Waals surface area contributed by atoms with Crippen molar-refractivity contribution in [2.45, 2.75) is 6.92 Å². The van der Waals surface area contributed by atoms with E-state index in [0.717, 1.165) is 6.54 Å². The molecule has 2 N–H and O–H groups in total. The smallest absolute Gasteiger partial charge is 0.230 e. The number of anilines is 1. The van der Waals surface area contributed by atoms with E-state index < -0.39 is 0 Å². The molecule has 1 amide bonds. The van der Waals surface area contributed by atoms with Gasteiger partial charge in [0.15, 0.2) is 0 Å². The zero-order chi connectivity index (χ0) is 11.5. The molecule has 1 aromatic heterocycles. The van der Waals surface area contributed by atoms with Crippen molar-refractivity contribution in [3.63, 3.8) is 0 Å². The average molecular weight is 241 g/mol. The molecule has 1 aliphatic heterocycles. The molecule has 2 unspecified atom stereocenters. The van der Waals surface area contributed by atoms with Gasteiger partial charge in [-0.15, -0.1) is 0 Å². The first kappa shape index (κ1) is 11.3. The van der Waals surface area contributed by atoms with Gasteiger partial charge in [-0.2, -0.15) is 0 Å². The van der Waals surface area contributed by atoms with E-state index in [0.29, 0.717) is 18.3 Å². The molecule has 0 bridgehead atoms. The second kappa shape index (κ2) is 4.76. The molecule has 86 valence electrons. The fourth-order valence-electron chi connectivity index (χ4n) is 1.78. The van der Waals surface area contributed by atoms with Gasteiger partial charge >= 0.3 is 0 Å². The van der Waals surface area contributed by atoms with Crippen molar-refractivity contribution in [2.75, 3.05) is 18.4 Å². The maximum atomic E-state index is 11.9. The van der Waals surface area contributed by atoms with Crippen LogP contribution in [0.2, 0.25) is 5.28 Å². The highest BCUT2D eigenvalue weighted by Crippen LogP contribution is 2.17. The van der Waals surface area contributed by atoms with Gasteiger partial charge in [-0.1, -0.05) is 6.92 Å². The summed E-state index contributed by atoms with van der Waals surface area (Å²) in [6, 6.07) is 1.62. The first-order valence-corrected chi connectivity index (χ1v) is 5.55. The molecule has 1 aliphatic rings. The molecule has 2 atom stereocenters. The van der Waals surface area contributed by atoms with Gasteiger partial charge in [-0.05, 0) is 30.1 Å². The number of amides is 1. The Balaban J connectivity index is 2.02. The minimum atomic E-state index is -0.0210. The third-order valence-electron chi connectivity index (χ3n) is 2.73. The summed E-state index contributed by atoms with van der Waals surface area (Å²) in [5, 5.41) is 6.06. The lowest BCUT2D eigenvalue weighted by atomic mass is 9.97. The molecular weight excluding hydrogens is 228 g/mol. The molecule has 2 heterocycles. The van der Waals surface area contributed by atoms with E-state index in [1.54, 1.807) is 6.07 Å². The van der Waals surface area contributed by atoms with Gasteiger partial charge in [-0.25, -0.2) is 9.97 Å². The van der Waals surface area contributed by atoms with Crippen LogP contribution in [0, 0.1) is 11.8 Å². The van der Waals surface area contributed by atoms with Crippen LogP contribution in [0.4, 0.5) is 5.82 Å². The standard InChI is InChI=1S/C10H13ClN4O/c1-6-4-12-5-7(6)9(16)14-8-2-3-13-10(11)15-8/h2-3,6-7,12H,4-5H2,1H3,(H,13,14,15,16). The lowest BCUT2D eigenvalue weighted by Crippen LogP contribution is -2.28. The Morgan fingerprint density at radius 2 is 2.44 bits per heavy atom. The first-order valence-electron chi connectivity index (χ1n) is 5.17. The summed E-state index contributed by atoms with van der Waals surface area (Å²) >= 11 is 5.63. The fraction of sp³-hybridized carbons (Fsp3) is 0.500. The minimum Gasteiger partial charge on any atom is -0.316 e. The predicted octanol–water partition coefficient (Wildman–Crippen LogP) is 0.924. The molecule has 0 saturated carbocycles. The molecule has 0 spiro atoms. The van der Waals surface area contributed by atoms with E-state index in [1.807, 2.05) is 0 Å². The van der Waals surface area contributed by atoms with E-state index in [4.69, 9.17) is 11.6 Å². The summed E-state index contributed by atoms with van der Waals surface area (Å²) in [7, 11) is 0. The van der Waals surface area contributed by atoms with Gasteiger partial charge in [0.25, 0.3) is 0 Å². The third-order valence-corrected chi connectivity index (χ3v) is 2.91. The average Bonchev–Trinajstić information content (AvgIpc) is 2.64. The molecular formula is C10H13ClN4O. The summed E-state index contributed by atoms with van der Waals surface area (Å²) in [5.41, 5.74) is 0. The molecule has 0 aromatic carbocycles. The van der Waals surface area contributed by atoms with Crippen LogP contribution >= 0.6 is 11.6 Å². The molecule has 1 fully saturated rings. The summed E-state index contributed by atoms with van der Waals surface area (Å²) in [5.74, 6) is 0.766. The second-order valence-electron chi connectivity index (χ2n) is 3.94. The zero-order valence-electron chi connectivity index (χ0n) is 8.90. The van der Waals surface area contributed by atoms with Crippen molar-refractivity contribution in [3.8, 4) is 0 Å². The summed E-state index contributed by atoms with van der Waals surface area (Å²) in [4.78, 5) is 19.5. The first-order chi connectivity index (χ1) is 7.66. The molecule has 0 radical (unpaired) electrons. The SMILES string of the molecule is CC1CNCC1C(=O)Nc1ccnc(Cl)n1. The summed E-state index contributed by atoms with van der Waals surface area (Å²) in [6.07, 6.45) is 1.52. The molecule has 1 saturated heterocycles. The van der Waals surface area contributed by atoms with Crippen LogP contribution < -0.4 is 10.6 Å². The van der Waals surface area contributed by atoms with Crippen LogP contribution in [0.5, 0.6) is 0 Å².